The predicted octanol–water partition coefficient (Wildman–Crippen LogP) is 2.97. The molecule has 2 amide bonds. The van der Waals surface area contributed by atoms with Crippen molar-refractivity contribution < 1.29 is 23.1 Å². The third-order valence-electron chi connectivity index (χ3n) is 6.01. The topological polar surface area (TPSA) is 80.6 Å². The molecule has 2 heterocycles. The maximum atomic E-state index is 14.3. The number of aromatic nitrogens is 1. The highest BCUT2D eigenvalue weighted by atomic mass is 19.1. The normalized spacial score (nSPS) is 14.8. The van der Waals surface area contributed by atoms with Crippen LogP contribution in [-0.4, -0.2) is 42.0 Å². The number of nitrogens with zero attached hydrogens (tertiary/aromatic N) is 2. The second kappa shape index (κ2) is 9.10. The summed E-state index contributed by atoms with van der Waals surface area (Å²) < 4.78 is 34.8. The van der Waals surface area contributed by atoms with Crippen molar-refractivity contribution in [2.45, 2.75) is 46.2 Å². The lowest BCUT2D eigenvalue weighted by atomic mass is 10.00. The van der Waals surface area contributed by atoms with E-state index in [2.05, 4.69) is 5.32 Å². The molecular weight excluding hydrogens is 420 g/mol. The Morgan fingerprint density at radius 3 is 2.62 bits per heavy atom. The zero-order chi connectivity index (χ0) is 23.7. The third-order valence-corrected chi connectivity index (χ3v) is 6.01. The van der Waals surface area contributed by atoms with Gasteiger partial charge in [0, 0.05) is 43.5 Å². The van der Waals surface area contributed by atoms with Gasteiger partial charge >= 0.3 is 0 Å². The lowest BCUT2D eigenvalue weighted by Crippen LogP contribution is -2.36. The van der Waals surface area contributed by atoms with Crippen molar-refractivity contribution in [1.29, 1.82) is 0 Å². The van der Waals surface area contributed by atoms with Crippen molar-refractivity contribution in [3.05, 3.63) is 62.1 Å². The van der Waals surface area contributed by atoms with Crippen LogP contribution in [-0.2, 0) is 13.1 Å². The predicted molar refractivity (Wildman–Crippen MR) is 115 cm³/mol. The number of amides is 2. The van der Waals surface area contributed by atoms with E-state index in [1.807, 2.05) is 13.8 Å². The van der Waals surface area contributed by atoms with Gasteiger partial charge in [-0.25, -0.2) is 8.78 Å². The van der Waals surface area contributed by atoms with E-state index >= 15 is 0 Å². The zero-order valence-electron chi connectivity index (χ0n) is 18.8. The summed E-state index contributed by atoms with van der Waals surface area (Å²) in [6.45, 7) is 5.67. The van der Waals surface area contributed by atoms with Crippen LogP contribution in [0, 0.1) is 18.6 Å². The Labute approximate surface area is 185 Å². The number of nitrogens with one attached hydrogen (secondary N) is 1. The molecule has 0 radical (unpaired) electrons. The smallest absolute Gasteiger partial charge is 0.274 e. The summed E-state index contributed by atoms with van der Waals surface area (Å²) in [5, 5.41) is 2.56. The van der Waals surface area contributed by atoms with Crippen molar-refractivity contribution in [3.8, 4) is 5.75 Å². The highest BCUT2D eigenvalue weighted by Gasteiger charge is 2.35. The number of fused-ring (bicyclic) bond motifs is 1. The van der Waals surface area contributed by atoms with E-state index in [4.69, 9.17) is 4.74 Å². The van der Waals surface area contributed by atoms with Crippen molar-refractivity contribution in [2.24, 2.45) is 0 Å². The molecule has 0 spiro atoms. The fourth-order valence-electron chi connectivity index (χ4n) is 3.98. The molecule has 1 unspecified atom stereocenters. The molecule has 1 aromatic carbocycles. The fraction of sp³-hybridized carbons (Fsp3) is 0.435. The second-order valence-electron chi connectivity index (χ2n) is 7.96. The molecule has 0 aliphatic carbocycles. The average Bonchev–Trinajstić information content (AvgIpc) is 3.15. The highest BCUT2D eigenvalue weighted by Crippen LogP contribution is 2.34. The summed E-state index contributed by atoms with van der Waals surface area (Å²) in [7, 11) is 2.90. The summed E-state index contributed by atoms with van der Waals surface area (Å²) in [6.07, 6.45) is 0.648. The first-order chi connectivity index (χ1) is 15.1. The van der Waals surface area contributed by atoms with Crippen LogP contribution in [0.15, 0.2) is 16.9 Å². The quantitative estimate of drug-likeness (QED) is 0.738. The Balaban J connectivity index is 2.07. The number of benzene rings is 1. The van der Waals surface area contributed by atoms with Crippen molar-refractivity contribution >= 4 is 11.8 Å². The average molecular weight is 447 g/mol. The second-order valence-corrected chi connectivity index (χ2v) is 7.96. The van der Waals surface area contributed by atoms with Crippen molar-refractivity contribution in [3.63, 3.8) is 0 Å². The van der Waals surface area contributed by atoms with Crippen LogP contribution in [0.1, 0.15) is 63.9 Å². The van der Waals surface area contributed by atoms with E-state index in [0.717, 1.165) is 6.07 Å². The molecule has 0 saturated heterocycles. The van der Waals surface area contributed by atoms with Crippen LogP contribution in [0.2, 0.25) is 0 Å². The van der Waals surface area contributed by atoms with E-state index in [1.54, 1.807) is 11.6 Å². The number of hydrogen-bond donors (Lipinski definition) is 1. The van der Waals surface area contributed by atoms with Gasteiger partial charge in [0.15, 0.2) is 11.4 Å². The van der Waals surface area contributed by atoms with E-state index in [0.29, 0.717) is 25.2 Å². The van der Waals surface area contributed by atoms with Gasteiger partial charge in [-0.3, -0.25) is 14.4 Å². The van der Waals surface area contributed by atoms with Crippen LogP contribution in [0.3, 0.4) is 0 Å². The molecule has 0 fully saturated rings. The maximum Gasteiger partial charge on any atom is 0.274 e. The van der Waals surface area contributed by atoms with Crippen LogP contribution in [0.25, 0.3) is 0 Å². The first-order valence-corrected chi connectivity index (χ1v) is 10.5. The minimum atomic E-state index is -0.748. The molecule has 2 aromatic rings. The van der Waals surface area contributed by atoms with Gasteiger partial charge in [0.25, 0.3) is 11.8 Å². The van der Waals surface area contributed by atoms with Gasteiger partial charge in [0.1, 0.15) is 17.2 Å². The number of ether oxygens (including phenoxy) is 1. The number of carbonyl (C=O) groups is 2. The molecule has 1 aliphatic heterocycles. The largest absolute Gasteiger partial charge is 0.491 e. The summed E-state index contributed by atoms with van der Waals surface area (Å²) in [4.78, 5) is 40.8. The minimum absolute atomic E-state index is 0.102. The Bertz CT molecular complexity index is 1140. The lowest BCUT2D eigenvalue weighted by Gasteiger charge is -2.22. The standard InChI is InChI=1S/C23H27F2N3O4/c1-6-27(4)23(31)19-21(32-5)20(29)16(18-12(2)9-10-28(18)19)22(30)26-11-14-7-8-15(24)13(3)17(14)25/h7-8,12H,6,9-11H2,1-5H3,(H,26,30). The van der Waals surface area contributed by atoms with E-state index in [9.17, 15) is 23.2 Å². The molecule has 32 heavy (non-hydrogen) atoms. The Hall–Kier alpha value is -3.23. The summed E-state index contributed by atoms with van der Waals surface area (Å²) in [5.74, 6) is -2.83. The molecule has 7 nitrogen and oxygen atoms in total. The van der Waals surface area contributed by atoms with Crippen LogP contribution < -0.4 is 15.5 Å². The monoisotopic (exact) mass is 447 g/mol. The number of halogens is 2. The molecular formula is C23H27F2N3O4. The van der Waals surface area contributed by atoms with Crippen molar-refractivity contribution in [2.75, 3.05) is 20.7 Å². The minimum Gasteiger partial charge on any atom is -0.491 e. The Morgan fingerprint density at radius 1 is 1.31 bits per heavy atom. The van der Waals surface area contributed by atoms with Gasteiger partial charge in [-0.15, -0.1) is 0 Å². The van der Waals surface area contributed by atoms with E-state index in [1.165, 1.54) is 25.0 Å². The van der Waals surface area contributed by atoms with Crippen molar-refractivity contribution in [1.82, 2.24) is 14.8 Å². The van der Waals surface area contributed by atoms with Gasteiger partial charge in [0.2, 0.25) is 5.43 Å². The molecule has 1 aromatic heterocycles. The first-order valence-electron chi connectivity index (χ1n) is 10.5. The highest BCUT2D eigenvalue weighted by molar-refractivity contribution is 6.00. The van der Waals surface area contributed by atoms with Gasteiger partial charge in [-0.1, -0.05) is 13.0 Å². The molecule has 1 N–H and O–H groups in total. The third kappa shape index (κ3) is 3.87. The summed E-state index contributed by atoms with van der Waals surface area (Å²) in [5.41, 5.74) is -0.272. The zero-order valence-corrected chi connectivity index (χ0v) is 18.8. The summed E-state index contributed by atoms with van der Waals surface area (Å²) >= 11 is 0. The first kappa shape index (κ1) is 23.4. The van der Waals surface area contributed by atoms with Gasteiger partial charge in [-0.2, -0.15) is 0 Å². The molecule has 172 valence electrons. The fourth-order valence-corrected chi connectivity index (χ4v) is 3.98. The molecule has 0 saturated carbocycles. The lowest BCUT2D eigenvalue weighted by molar-refractivity contribution is 0.0785. The molecule has 3 rings (SSSR count). The SMILES string of the molecule is CCN(C)C(=O)c1c(OC)c(=O)c(C(=O)NCc2ccc(F)c(C)c2F)c2n1CCC2C. The molecule has 0 bridgehead atoms. The van der Waals surface area contributed by atoms with Crippen LogP contribution in [0.4, 0.5) is 8.78 Å². The van der Waals surface area contributed by atoms with E-state index in [-0.39, 0.29) is 46.5 Å². The molecule has 1 atom stereocenters. The van der Waals surface area contributed by atoms with Gasteiger partial charge in [-0.05, 0) is 32.3 Å². The number of pyridine rings is 1. The number of rotatable bonds is 6. The van der Waals surface area contributed by atoms with Gasteiger partial charge < -0.3 is 19.5 Å². The van der Waals surface area contributed by atoms with Crippen LogP contribution >= 0.6 is 0 Å². The summed E-state index contributed by atoms with van der Waals surface area (Å²) in [6, 6.07) is 2.38. The number of methoxy groups -OCH3 is 1. The Kier molecular flexibility index (Phi) is 6.66. The number of hydrogen-bond acceptors (Lipinski definition) is 4. The van der Waals surface area contributed by atoms with E-state index < -0.39 is 23.0 Å². The van der Waals surface area contributed by atoms with Gasteiger partial charge in [0.05, 0.1) is 7.11 Å². The van der Waals surface area contributed by atoms with Crippen LogP contribution in [0.5, 0.6) is 5.75 Å². The molecule has 9 heteroatoms. The number of carbonyl (C=O) groups excluding carboxylic acids is 2. The Morgan fingerprint density at radius 2 is 2.00 bits per heavy atom. The molecule has 1 aliphatic rings. The maximum absolute atomic E-state index is 14.3.